The summed E-state index contributed by atoms with van der Waals surface area (Å²) in [5.41, 5.74) is 12.6. The van der Waals surface area contributed by atoms with Gasteiger partial charge in [-0.05, 0) is 77.9 Å². The SMILES string of the molecule is c1ccc(-n2c3ccccc3c3ccc4c(c5ccccc5n4-c4cccc5c4oc4cc(-c6ccc7oc8ccccc8c7c6)ccc45)c32)cc1. The zero-order valence-electron chi connectivity index (χ0n) is 27.9. The van der Waals surface area contributed by atoms with Crippen molar-refractivity contribution < 1.29 is 8.83 Å². The first-order chi connectivity index (χ1) is 25.8. The summed E-state index contributed by atoms with van der Waals surface area (Å²) in [4.78, 5) is 0. The van der Waals surface area contributed by atoms with Gasteiger partial charge in [0.15, 0.2) is 5.58 Å². The molecule has 0 aliphatic heterocycles. The average Bonchev–Trinajstić information content (AvgIpc) is 3.95. The summed E-state index contributed by atoms with van der Waals surface area (Å²) in [6.07, 6.45) is 0. The zero-order chi connectivity index (χ0) is 33.9. The van der Waals surface area contributed by atoms with Crippen molar-refractivity contribution in [2.24, 2.45) is 0 Å². The number of hydrogen-bond acceptors (Lipinski definition) is 2. The van der Waals surface area contributed by atoms with Crippen LogP contribution in [-0.4, -0.2) is 9.13 Å². The average molecular weight is 665 g/mol. The molecule has 0 amide bonds. The normalized spacial score (nSPS) is 12.2. The Hall–Kier alpha value is -7.04. The molecular weight excluding hydrogens is 637 g/mol. The Bertz CT molecular complexity index is 3410. The molecule has 0 unspecified atom stereocenters. The Kier molecular flexibility index (Phi) is 5.47. The van der Waals surface area contributed by atoms with Gasteiger partial charge in [-0.2, -0.15) is 0 Å². The van der Waals surface area contributed by atoms with Gasteiger partial charge in [0.05, 0.1) is 27.8 Å². The van der Waals surface area contributed by atoms with Crippen LogP contribution in [0.4, 0.5) is 0 Å². The molecular formula is C48H28N2O2. The monoisotopic (exact) mass is 664 g/mol. The molecule has 12 rings (SSSR count). The maximum atomic E-state index is 6.89. The third-order valence-corrected chi connectivity index (χ3v) is 10.9. The van der Waals surface area contributed by atoms with E-state index >= 15 is 0 Å². The number of para-hydroxylation sites is 5. The second kappa shape index (κ2) is 10.3. The van der Waals surface area contributed by atoms with Gasteiger partial charge in [-0.25, -0.2) is 0 Å². The van der Waals surface area contributed by atoms with E-state index in [1.54, 1.807) is 0 Å². The van der Waals surface area contributed by atoms with Crippen LogP contribution in [0.5, 0.6) is 0 Å². The molecule has 4 heterocycles. The van der Waals surface area contributed by atoms with Crippen LogP contribution in [-0.2, 0) is 0 Å². The summed E-state index contributed by atoms with van der Waals surface area (Å²) in [5.74, 6) is 0. The van der Waals surface area contributed by atoms with E-state index in [1.165, 1.54) is 32.6 Å². The predicted molar refractivity (Wildman–Crippen MR) is 215 cm³/mol. The van der Waals surface area contributed by atoms with Crippen LogP contribution < -0.4 is 0 Å². The number of rotatable bonds is 3. The van der Waals surface area contributed by atoms with Gasteiger partial charge >= 0.3 is 0 Å². The van der Waals surface area contributed by atoms with Crippen molar-refractivity contribution in [2.45, 2.75) is 0 Å². The van der Waals surface area contributed by atoms with Gasteiger partial charge in [0.2, 0.25) is 0 Å². The maximum absolute atomic E-state index is 6.89. The largest absolute Gasteiger partial charge is 0.456 e. The van der Waals surface area contributed by atoms with E-state index in [0.717, 1.165) is 77.4 Å². The van der Waals surface area contributed by atoms with E-state index in [-0.39, 0.29) is 0 Å². The Morgan fingerprint density at radius 2 is 1.00 bits per heavy atom. The fraction of sp³-hybridized carbons (Fsp3) is 0. The topological polar surface area (TPSA) is 36.1 Å². The van der Waals surface area contributed by atoms with Crippen LogP contribution in [0.3, 0.4) is 0 Å². The molecule has 0 saturated heterocycles. The quantitative estimate of drug-likeness (QED) is 0.188. The first-order valence-corrected chi connectivity index (χ1v) is 17.7. The summed E-state index contributed by atoms with van der Waals surface area (Å²) in [7, 11) is 0. The summed E-state index contributed by atoms with van der Waals surface area (Å²) in [6.45, 7) is 0. The van der Waals surface area contributed by atoms with Crippen molar-refractivity contribution in [1.82, 2.24) is 9.13 Å². The molecule has 0 aliphatic carbocycles. The van der Waals surface area contributed by atoms with Gasteiger partial charge in [0.1, 0.15) is 16.7 Å². The van der Waals surface area contributed by atoms with Gasteiger partial charge in [0.25, 0.3) is 0 Å². The molecule has 4 nitrogen and oxygen atoms in total. The lowest BCUT2D eigenvalue weighted by molar-refractivity contribution is 0.666. The van der Waals surface area contributed by atoms with Crippen LogP contribution >= 0.6 is 0 Å². The van der Waals surface area contributed by atoms with E-state index in [0.29, 0.717) is 0 Å². The molecule has 4 heteroatoms. The first kappa shape index (κ1) is 27.7. The molecule has 0 aliphatic rings. The highest BCUT2D eigenvalue weighted by atomic mass is 16.3. The lowest BCUT2D eigenvalue weighted by Gasteiger charge is -2.10. The minimum atomic E-state index is 0.865. The molecule has 0 bridgehead atoms. The highest BCUT2D eigenvalue weighted by Gasteiger charge is 2.22. The summed E-state index contributed by atoms with van der Waals surface area (Å²) >= 11 is 0. The Morgan fingerprint density at radius 1 is 0.346 bits per heavy atom. The van der Waals surface area contributed by atoms with Gasteiger partial charge < -0.3 is 18.0 Å². The van der Waals surface area contributed by atoms with Crippen molar-refractivity contribution in [3.8, 4) is 22.5 Å². The van der Waals surface area contributed by atoms with Crippen LogP contribution in [0.2, 0.25) is 0 Å². The fourth-order valence-electron chi connectivity index (χ4n) is 8.66. The summed E-state index contributed by atoms with van der Waals surface area (Å²) in [6, 6.07) is 60.5. The number of furan rings is 2. The Labute approximate surface area is 296 Å². The summed E-state index contributed by atoms with van der Waals surface area (Å²) in [5, 5.41) is 9.37. The predicted octanol–water partition coefficient (Wildman–Crippen LogP) is 13.3. The van der Waals surface area contributed by atoms with Gasteiger partial charge in [-0.1, -0.05) is 103 Å². The van der Waals surface area contributed by atoms with Crippen molar-refractivity contribution >= 4 is 87.5 Å². The molecule has 0 fully saturated rings. The van der Waals surface area contributed by atoms with Gasteiger partial charge in [-0.3, -0.25) is 0 Å². The highest BCUT2D eigenvalue weighted by molar-refractivity contribution is 6.26. The van der Waals surface area contributed by atoms with E-state index in [1.807, 2.05) is 12.1 Å². The minimum Gasteiger partial charge on any atom is -0.456 e. The molecule has 0 atom stereocenters. The van der Waals surface area contributed by atoms with Gasteiger partial charge in [0, 0.05) is 48.8 Å². The number of aromatic nitrogens is 2. The van der Waals surface area contributed by atoms with Crippen molar-refractivity contribution in [2.75, 3.05) is 0 Å². The second-order valence-corrected chi connectivity index (χ2v) is 13.7. The molecule has 52 heavy (non-hydrogen) atoms. The van der Waals surface area contributed by atoms with E-state index in [9.17, 15) is 0 Å². The molecule has 4 aromatic heterocycles. The second-order valence-electron chi connectivity index (χ2n) is 13.7. The molecule has 0 radical (unpaired) electrons. The molecule has 0 spiro atoms. The standard InChI is InChI=1S/C48H28N2O2/c1-2-11-31(12-3-1)49-39-17-7-4-13-32(39)35-24-25-41-46(47(35)49)37-15-5-8-18-40(37)50(41)42-19-10-16-36-34-23-21-30(28-45(34)52-48(36)42)29-22-26-44-38(27-29)33-14-6-9-20-43(33)51-44/h1-28H. The molecule has 242 valence electrons. The maximum Gasteiger partial charge on any atom is 0.159 e. The Morgan fingerprint density at radius 3 is 1.88 bits per heavy atom. The molecule has 0 N–H and O–H groups in total. The van der Waals surface area contributed by atoms with Crippen LogP contribution in [0.15, 0.2) is 179 Å². The third kappa shape index (κ3) is 3.70. The van der Waals surface area contributed by atoms with E-state index in [4.69, 9.17) is 8.83 Å². The molecule has 8 aromatic carbocycles. The molecule has 0 saturated carbocycles. The number of fused-ring (bicyclic) bond motifs is 13. The van der Waals surface area contributed by atoms with Crippen LogP contribution in [0.1, 0.15) is 0 Å². The van der Waals surface area contributed by atoms with E-state index < -0.39 is 0 Å². The van der Waals surface area contributed by atoms with Crippen LogP contribution in [0, 0.1) is 0 Å². The van der Waals surface area contributed by atoms with Gasteiger partial charge in [-0.15, -0.1) is 0 Å². The van der Waals surface area contributed by atoms with Crippen molar-refractivity contribution in [3.05, 3.63) is 170 Å². The van der Waals surface area contributed by atoms with Crippen LogP contribution in [0.25, 0.3) is 110 Å². The minimum absolute atomic E-state index is 0.865. The molecule has 12 aromatic rings. The third-order valence-electron chi connectivity index (χ3n) is 10.9. The highest BCUT2D eigenvalue weighted by Crippen LogP contribution is 2.44. The van der Waals surface area contributed by atoms with Crippen molar-refractivity contribution in [3.63, 3.8) is 0 Å². The number of benzene rings is 8. The Balaban J connectivity index is 1.12. The fourth-order valence-corrected chi connectivity index (χ4v) is 8.66. The lowest BCUT2D eigenvalue weighted by Crippen LogP contribution is -1.95. The lowest BCUT2D eigenvalue weighted by atomic mass is 10.0. The number of hydrogen-bond donors (Lipinski definition) is 0. The van der Waals surface area contributed by atoms with E-state index in [2.05, 4.69) is 167 Å². The summed E-state index contributed by atoms with van der Waals surface area (Å²) < 4.78 is 17.8. The first-order valence-electron chi connectivity index (χ1n) is 17.7. The smallest absolute Gasteiger partial charge is 0.159 e. The van der Waals surface area contributed by atoms with Crippen molar-refractivity contribution in [1.29, 1.82) is 0 Å². The number of nitrogens with zero attached hydrogens (tertiary/aromatic N) is 2. The zero-order valence-corrected chi connectivity index (χ0v) is 27.9.